The van der Waals surface area contributed by atoms with Gasteiger partial charge < -0.3 is 8.83 Å². The fraction of sp³-hybridized carbons (Fsp3) is 0.0667. The van der Waals surface area contributed by atoms with Crippen molar-refractivity contribution in [1.82, 2.24) is 10.2 Å². The summed E-state index contributed by atoms with van der Waals surface area (Å²) in [6.07, 6.45) is 0. The number of furan rings is 1. The molecule has 1 aromatic carbocycles. The SMILES string of the molecule is CC(=O)c1ccc(C(=O)Nc2nnc(-c3ccc(Br)o3)o2)cc1. The Labute approximate surface area is 138 Å². The van der Waals surface area contributed by atoms with Gasteiger partial charge >= 0.3 is 6.01 Å². The molecule has 116 valence electrons. The summed E-state index contributed by atoms with van der Waals surface area (Å²) in [6, 6.07) is 9.55. The summed E-state index contributed by atoms with van der Waals surface area (Å²) in [5.74, 6) is 0.0488. The van der Waals surface area contributed by atoms with E-state index in [0.717, 1.165) is 0 Å². The Morgan fingerprint density at radius 1 is 1.00 bits per heavy atom. The van der Waals surface area contributed by atoms with Crippen molar-refractivity contribution in [2.24, 2.45) is 0 Å². The zero-order valence-electron chi connectivity index (χ0n) is 11.9. The predicted octanol–water partition coefficient (Wildman–Crippen LogP) is 3.55. The highest BCUT2D eigenvalue weighted by Crippen LogP contribution is 2.25. The lowest BCUT2D eigenvalue weighted by Gasteiger charge is -2.01. The van der Waals surface area contributed by atoms with Gasteiger partial charge in [-0.3, -0.25) is 14.9 Å². The number of rotatable bonds is 4. The molecule has 0 radical (unpaired) electrons. The minimum Gasteiger partial charge on any atom is -0.444 e. The molecule has 7 nitrogen and oxygen atoms in total. The van der Waals surface area contributed by atoms with E-state index in [-0.39, 0.29) is 17.7 Å². The standard InChI is InChI=1S/C15H10BrN3O4/c1-8(20)9-2-4-10(5-3-9)13(21)17-15-19-18-14(23-15)11-6-7-12(16)22-11/h2-7H,1H3,(H,17,19,21). The van der Waals surface area contributed by atoms with Crippen molar-refractivity contribution in [3.05, 3.63) is 52.2 Å². The van der Waals surface area contributed by atoms with Gasteiger partial charge in [0.05, 0.1) is 0 Å². The van der Waals surface area contributed by atoms with Gasteiger partial charge in [-0.25, -0.2) is 0 Å². The minimum atomic E-state index is -0.420. The van der Waals surface area contributed by atoms with Crippen molar-refractivity contribution >= 4 is 33.6 Å². The number of carbonyl (C=O) groups is 2. The maximum atomic E-state index is 12.1. The number of hydrogen-bond acceptors (Lipinski definition) is 6. The summed E-state index contributed by atoms with van der Waals surface area (Å²) in [4.78, 5) is 23.3. The maximum Gasteiger partial charge on any atom is 0.322 e. The van der Waals surface area contributed by atoms with E-state index in [9.17, 15) is 9.59 Å². The van der Waals surface area contributed by atoms with Crippen LogP contribution in [-0.4, -0.2) is 21.9 Å². The highest BCUT2D eigenvalue weighted by Gasteiger charge is 2.15. The van der Waals surface area contributed by atoms with Crippen molar-refractivity contribution < 1.29 is 18.4 Å². The van der Waals surface area contributed by atoms with Crippen molar-refractivity contribution in [2.75, 3.05) is 5.32 Å². The first-order valence-corrected chi connectivity index (χ1v) is 7.34. The Kier molecular flexibility index (Phi) is 4.07. The lowest BCUT2D eigenvalue weighted by molar-refractivity contribution is 0.100. The maximum absolute atomic E-state index is 12.1. The summed E-state index contributed by atoms with van der Waals surface area (Å²) in [5.41, 5.74) is 0.903. The van der Waals surface area contributed by atoms with Crippen LogP contribution in [0.25, 0.3) is 11.7 Å². The molecule has 0 atom stereocenters. The van der Waals surface area contributed by atoms with E-state index in [1.54, 1.807) is 36.4 Å². The van der Waals surface area contributed by atoms with Gasteiger partial charge in [0.2, 0.25) is 0 Å². The van der Waals surface area contributed by atoms with Gasteiger partial charge in [0, 0.05) is 11.1 Å². The van der Waals surface area contributed by atoms with E-state index >= 15 is 0 Å². The molecule has 3 rings (SSSR count). The zero-order valence-corrected chi connectivity index (χ0v) is 13.5. The smallest absolute Gasteiger partial charge is 0.322 e. The first kappa shape index (κ1) is 15.2. The Morgan fingerprint density at radius 3 is 2.30 bits per heavy atom. The molecular formula is C15H10BrN3O4. The molecule has 1 N–H and O–H groups in total. The van der Waals surface area contributed by atoms with E-state index < -0.39 is 5.91 Å². The predicted molar refractivity (Wildman–Crippen MR) is 84.1 cm³/mol. The van der Waals surface area contributed by atoms with Crippen LogP contribution in [0.2, 0.25) is 0 Å². The van der Waals surface area contributed by atoms with Crippen LogP contribution in [0.5, 0.6) is 0 Å². The number of benzene rings is 1. The fourth-order valence-corrected chi connectivity index (χ4v) is 2.13. The van der Waals surface area contributed by atoms with Gasteiger partial charge in [-0.05, 0) is 47.1 Å². The number of Topliss-reactive ketones (excluding diaryl/α,β-unsaturated/α-hetero) is 1. The van der Waals surface area contributed by atoms with Gasteiger partial charge in [0.25, 0.3) is 11.8 Å². The highest BCUT2D eigenvalue weighted by molar-refractivity contribution is 9.10. The van der Waals surface area contributed by atoms with E-state index in [2.05, 4.69) is 31.4 Å². The molecular weight excluding hydrogens is 366 g/mol. The molecule has 2 aromatic heterocycles. The number of aromatic nitrogens is 2. The molecule has 0 aliphatic carbocycles. The second-order valence-corrected chi connectivity index (χ2v) is 5.39. The van der Waals surface area contributed by atoms with Crippen molar-refractivity contribution in [3.63, 3.8) is 0 Å². The van der Waals surface area contributed by atoms with Gasteiger partial charge in [0.1, 0.15) is 0 Å². The Balaban J connectivity index is 1.73. The second-order valence-electron chi connectivity index (χ2n) is 4.60. The van der Waals surface area contributed by atoms with Crippen LogP contribution in [0.15, 0.2) is 49.9 Å². The topological polar surface area (TPSA) is 98.2 Å². The van der Waals surface area contributed by atoms with Crippen molar-refractivity contribution in [2.45, 2.75) is 6.92 Å². The molecule has 0 unspecified atom stereocenters. The first-order valence-electron chi connectivity index (χ1n) is 6.54. The normalized spacial score (nSPS) is 10.5. The van der Waals surface area contributed by atoms with Crippen molar-refractivity contribution in [1.29, 1.82) is 0 Å². The third-order valence-corrected chi connectivity index (χ3v) is 3.41. The van der Waals surface area contributed by atoms with Crippen LogP contribution in [-0.2, 0) is 0 Å². The van der Waals surface area contributed by atoms with E-state index in [0.29, 0.717) is 21.6 Å². The number of anilines is 1. The van der Waals surface area contributed by atoms with Crippen LogP contribution < -0.4 is 5.32 Å². The fourth-order valence-electron chi connectivity index (χ4n) is 1.83. The quantitative estimate of drug-likeness (QED) is 0.700. The molecule has 3 aromatic rings. The Morgan fingerprint density at radius 2 is 1.70 bits per heavy atom. The highest BCUT2D eigenvalue weighted by atomic mass is 79.9. The Hall–Kier alpha value is -2.74. The lowest BCUT2D eigenvalue weighted by atomic mass is 10.1. The third-order valence-electron chi connectivity index (χ3n) is 2.98. The molecule has 1 amide bonds. The van der Waals surface area contributed by atoms with Gasteiger partial charge in [-0.15, -0.1) is 5.10 Å². The number of carbonyl (C=O) groups excluding carboxylic acids is 2. The molecule has 8 heteroatoms. The first-order chi connectivity index (χ1) is 11.0. The van der Waals surface area contributed by atoms with Crippen LogP contribution in [0.4, 0.5) is 6.01 Å². The number of nitrogens with zero attached hydrogens (tertiary/aromatic N) is 2. The average Bonchev–Trinajstić information content (AvgIpc) is 3.16. The number of halogens is 1. The largest absolute Gasteiger partial charge is 0.444 e. The zero-order chi connectivity index (χ0) is 16.4. The van der Waals surface area contributed by atoms with Crippen LogP contribution in [0.1, 0.15) is 27.6 Å². The Bertz CT molecular complexity index is 867. The molecule has 0 spiro atoms. The molecule has 0 fully saturated rings. The molecule has 0 bridgehead atoms. The summed E-state index contributed by atoms with van der Waals surface area (Å²) >= 11 is 3.17. The van der Waals surface area contributed by atoms with Crippen molar-refractivity contribution in [3.8, 4) is 11.7 Å². The molecule has 0 aliphatic rings. The summed E-state index contributed by atoms with van der Waals surface area (Å²) in [6.45, 7) is 1.46. The number of hydrogen-bond donors (Lipinski definition) is 1. The molecule has 0 saturated heterocycles. The number of amides is 1. The van der Waals surface area contributed by atoms with E-state index in [1.807, 2.05) is 0 Å². The lowest BCUT2D eigenvalue weighted by Crippen LogP contribution is -2.12. The van der Waals surface area contributed by atoms with Crippen LogP contribution in [0.3, 0.4) is 0 Å². The monoisotopic (exact) mass is 375 g/mol. The van der Waals surface area contributed by atoms with Crippen LogP contribution in [0, 0.1) is 0 Å². The van der Waals surface area contributed by atoms with Crippen LogP contribution >= 0.6 is 15.9 Å². The molecule has 2 heterocycles. The van der Waals surface area contributed by atoms with Gasteiger partial charge in [-0.1, -0.05) is 17.2 Å². The summed E-state index contributed by atoms with van der Waals surface area (Å²) < 4.78 is 11.1. The average molecular weight is 376 g/mol. The summed E-state index contributed by atoms with van der Waals surface area (Å²) in [7, 11) is 0. The number of nitrogens with one attached hydrogen (secondary N) is 1. The van der Waals surface area contributed by atoms with E-state index in [4.69, 9.17) is 8.83 Å². The molecule has 0 aliphatic heterocycles. The van der Waals surface area contributed by atoms with E-state index in [1.165, 1.54) is 6.92 Å². The number of ketones is 1. The second kappa shape index (κ2) is 6.17. The van der Waals surface area contributed by atoms with Gasteiger partial charge in [-0.2, -0.15) is 0 Å². The molecule has 23 heavy (non-hydrogen) atoms. The third kappa shape index (κ3) is 3.37. The van der Waals surface area contributed by atoms with Gasteiger partial charge in [0.15, 0.2) is 16.2 Å². The molecule has 0 saturated carbocycles. The summed E-state index contributed by atoms with van der Waals surface area (Å²) in [5, 5.41) is 10.0. The minimum absolute atomic E-state index is 0.0480.